The summed E-state index contributed by atoms with van der Waals surface area (Å²) in [4.78, 5) is 21.1. The molecule has 2 heterocycles. The molecule has 0 saturated carbocycles. The summed E-state index contributed by atoms with van der Waals surface area (Å²) in [6, 6.07) is 0. The van der Waals surface area contributed by atoms with Crippen LogP contribution in [-0.4, -0.2) is 16.3 Å². The van der Waals surface area contributed by atoms with Crippen molar-refractivity contribution in [3.05, 3.63) is 21.9 Å². The second-order valence-corrected chi connectivity index (χ2v) is 5.35. The van der Waals surface area contributed by atoms with Gasteiger partial charge in [0.25, 0.3) is 0 Å². The third-order valence-corrected chi connectivity index (χ3v) is 4.41. The predicted octanol–water partition coefficient (Wildman–Crippen LogP) is 2.56. The Kier molecular flexibility index (Phi) is 2.41. The Bertz CT molecular complexity index is 566. The average molecular weight is 252 g/mol. The zero-order chi connectivity index (χ0) is 11.1. The number of rotatable bonds is 1. The molecule has 1 aliphatic carbocycles. The van der Waals surface area contributed by atoms with Crippen molar-refractivity contribution in [2.24, 2.45) is 5.92 Å². The molecule has 0 saturated heterocycles. The van der Waals surface area contributed by atoms with Crippen LogP contribution in [-0.2, 0) is 17.6 Å². The van der Waals surface area contributed by atoms with Gasteiger partial charge in [-0.1, -0.05) is 11.6 Å². The highest BCUT2D eigenvalue weighted by atomic mass is 35.5. The summed E-state index contributed by atoms with van der Waals surface area (Å²) >= 11 is 7.70. The first-order valence-electron chi connectivity index (χ1n) is 5.08. The monoisotopic (exact) mass is 251 g/mol. The maximum Gasteiger partial charge on any atom is 0.202 e. The quantitative estimate of drug-likeness (QED) is 0.732. The van der Waals surface area contributed by atoms with Gasteiger partial charge in [-0.25, -0.2) is 9.97 Å². The second kappa shape index (κ2) is 3.79. The third-order valence-electron chi connectivity index (χ3n) is 2.97. The van der Waals surface area contributed by atoms with Crippen LogP contribution < -0.4 is 0 Å². The van der Waals surface area contributed by atoms with Gasteiger partial charge in [0.15, 0.2) is 0 Å². The molecule has 0 N–H and O–H groups in total. The lowest BCUT2D eigenvalue weighted by Gasteiger charge is -2.16. The molecular weight excluding hydrogens is 244 g/mol. The van der Waals surface area contributed by atoms with E-state index in [1.165, 1.54) is 16.8 Å². The molecular formula is C11H8ClN2OS. The number of nitrogens with zero attached hydrogens (tertiary/aromatic N) is 2. The molecule has 0 aliphatic heterocycles. The topological polar surface area (TPSA) is 42.9 Å². The van der Waals surface area contributed by atoms with Crippen LogP contribution >= 0.6 is 22.9 Å². The van der Waals surface area contributed by atoms with E-state index in [1.54, 1.807) is 11.3 Å². The second-order valence-electron chi connectivity index (χ2n) is 3.91. The maximum atomic E-state index is 10.7. The van der Waals surface area contributed by atoms with E-state index in [1.807, 2.05) is 0 Å². The van der Waals surface area contributed by atoms with Gasteiger partial charge in [-0.15, -0.1) is 11.3 Å². The third kappa shape index (κ3) is 1.44. The molecule has 0 bridgehead atoms. The van der Waals surface area contributed by atoms with Crippen LogP contribution in [0.1, 0.15) is 16.9 Å². The molecule has 5 heteroatoms. The van der Waals surface area contributed by atoms with Crippen LogP contribution in [0.3, 0.4) is 0 Å². The van der Waals surface area contributed by atoms with E-state index >= 15 is 0 Å². The lowest BCUT2D eigenvalue weighted by Crippen LogP contribution is -2.13. The van der Waals surface area contributed by atoms with Crippen molar-refractivity contribution < 1.29 is 4.79 Å². The summed E-state index contributed by atoms with van der Waals surface area (Å²) in [6.07, 6.45) is 6.08. The van der Waals surface area contributed by atoms with Crippen molar-refractivity contribution >= 4 is 39.4 Å². The van der Waals surface area contributed by atoms with Crippen molar-refractivity contribution in [2.45, 2.75) is 19.3 Å². The Balaban J connectivity index is 2.20. The zero-order valence-electron chi connectivity index (χ0n) is 8.36. The standard InChI is InChI=1S/C11H8ClN2OS/c12-10-9-7-2-1-6(4-15)3-8(7)16-11(9)14-5-13-10/h5-6H,1-3H2/t6-/m0/s1. The highest BCUT2D eigenvalue weighted by Gasteiger charge is 2.24. The molecule has 2 aromatic rings. The van der Waals surface area contributed by atoms with E-state index < -0.39 is 0 Å². The fraction of sp³-hybridized carbons (Fsp3) is 0.364. The molecule has 3 nitrogen and oxygen atoms in total. The van der Waals surface area contributed by atoms with E-state index in [2.05, 4.69) is 16.3 Å². The molecule has 0 aromatic carbocycles. The molecule has 3 rings (SSSR count). The first kappa shape index (κ1) is 10.2. The van der Waals surface area contributed by atoms with Gasteiger partial charge in [-0.2, -0.15) is 0 Å². The van der Waals surface area contributed by atoms with E-state index in [9.17, 15) is 4.79 Å². The number of hydrogen-bond acceptors (Lipinski definition) is 4. The van der Waals surface area contributed by atoms with Crippen molar-refractivity contribution in [3.63, 3.8) is 0 Å². The minimum atomic E-state index is 0.0345. The summed E-state index contributed by atoms with van der Waals surface area (Å²) in [5, 5.41) is 1.50. The molecule has 81 valence electrons. The van der Waals surface area contributed by atoms with Crippen LogP contribution in [0.5, 0.6) is 0 Å². The normalized spacial score (nSPS) is 19.7. The van der Waals surface area contributed by atoms with Gasteiger partial charge >= 0.3 is 0 Å². The number of aryl methyl sites for hydroxylation is 1. The maximum absolute atomic E-state index is 10.7. The molecule has 1 atom stereocenters. The summed E-state index contributed by atoms with van der Waals surface area (Å²) in [6.45, 7) is 0. The largest absolute Gasteiger partial charge is 0.291 e. The van der Waals surface area contributed by atoms with E-state index in [-0.39, 0.29) is 5.92 Å². The van der Waals surface area contributed by atoms with Crippen molar-refractivity contribution in [1.82, 2.24) is 9.97 Å². The molecule has 2 aromatic heterocycles. The van der Waals surface area contributed by atoms with E-state index in [0.717, 1.165) is 29.5 Å². The number of hydrogen-bond donors (Lipinski definition) is 0. The Hall–Kier alpha value is -1.00. The Labute approximate surface area is 101 Å². The van der Waals surface area contributed by atoms with Crippen molar-refractivity contribution in [2.75, 3.05) is 0 Å². The predicted molar refractivity (Wildman–Crippen MR) is 63.6 cm³/mol. The number of carbonyl (C=O) groups excluding carboxylic acids is 1. The van der Waals surface area contributed by atoms with Crippen molar-refractivity contribution in [1.29, 1.82) is 0 Å². The van der Waals surface area contributed by atoms with Gasteiger partial charge in [-0.3, -0.25) is 4.79 Å². The number of thiophene rings is 1. The van der Waals surface area contributed by atoms with Gasteiger partial charge in [0.1, 0.15) is 16.3 Å². The summed E-state index contributed by atoms with van der Waals surface area (Å²) in [5.74, 6) is 0.0345. The van der Waals surface area contributed by atoms with Crippen LogP contribution in [0.2, 0.25) is 5.15 Å². The number of aromatic nitrogens is 2. The zero-order valence-corrected chi connectivity index (χ0v) is 9.94. The summed E-state index contributed by atoms with van der Waals surface area (Å²) < 4.78 is 0. The molecule has 1 aliphatic rings. The molecule has 16 heavy (non-hydrogen) atoms. The highest BCUT2D eigenvalue weighted by Crippen LogP contribution is 2.38. The van der Waals surface area contributed by atoms with E-state index in [0.29, 0.717) is 5.15 Å². The Morgan fingerprint density at radius 1 is 1.50 bits per heavy atom. The molecule has 0 spiro atoms. The fourth-order valence-electron chi connectivity index (χ4n) is 2.17. The van der Waals surface area contributed by atoms with E-state index in [4.69, 9.17) is 11.6 Å². The summed E-state index contributed by atoms with van der Waals surface area (Å²) in [5.41, 5.74) is 1.23. The van der Waals surface area contributed by atoms with Crippen LogP contribution in [0.4, 0.5) is 0 Å². The van der Waals surface area contributed by atoms with Gasteiger partial charge in [0.05, 0.1) is 5.39 Å². The molecule has 0 fully saturated rings. The van der Waals surface area contributed by atoms with Gasteiger partial charge in [0, 0.05) is 10.8 Å². The van der Waals surface area contributed by atoms with Gasteiger partial charge in [0.2, 0.25) is 6.29 Å². The smallest absolute Gasteiger partial charge is 0.202 e. The molecule has 0 unspecified atom stereocenters. The van der Waals surface area contributed by atoms with Gasteiger partial charge in [-0.05, 0) is 24.8 Å². The minimum Gasteiger partial charge on any atom is -0.291 e. The lowest BCUT2D eigenvalue weighted by atomic mass is 9.89. The number of halogens is 1. The van der Waals surface area contributed by atoms with Crippen LogP contribution in [0.25, 0.3) is 10.2 Å². The van der Waals surface area contributed by atoms with Crippen LogP contribution in [0.15, 0.2) is 6.33 Å². The Morgan fingerprint density at radius 2 is 2.38 bits per heavy atom. The SMILES string of the molecule is O=[C][C@H]1CCc2c(sc3ncnc(Cl)c23)C1. The average Bonchev–Trinajstić information content (AvgIpc) is 2.67. The lowest BCUT2D eigenvalue weighted by molar-refractivity contribution is 0.497. The fourth-order valence-corrected chi connectivity index (χ4v) is 3.74. The van der Waals surface area contributed by atoms with Crippen LogP contribution in [0, 0.1) is 5.92 Å². The Morgan fingerprint density at radius 3 is 3.19 bits per heavy atom. The summed E-state index contributed by atoms with van der Waals surface area (Å²) in [7, 11) is 0. The van der Waals surface area contributed by atoms with Crippen molar-refractivity contribution in [3.8, 4) is 0 Å². The minimum absolute atomic E-state index is 0.0345. The molecule has 1 radical (unpaired) electrons. The van der Waals surface area contributed by atoms with Gasteiger partial charge < -0.3 is 0 Å². The first-order chi connectivity index (χ1) is 7.79. The highest BCUT2D eigenvalue weighted by molar-refractivity contribution is 7.19. The molecule has 0 amide bonds. The first-order valence-corrected chi connectivity index (χ1v) is 6.27. The number of fused-ring (bicyclic) bond motifs is 3.